The van der Waals surface area contributed by atoms with E-state index in [0.29, 0.717) is 0 Å². The molecule has 0 radical (unpaired) electrons. The van der Waals surface area contributed by atoms with Crippen LogP contribution in [0.5, 0.6) is 0 Å². The Morgan fingerprint density at radius 1 is 0.270 bits per heavy atom. The number of benzene rings is 8. The van der Waals surface area contributed by atoms with Crippen LogP contribution in [0.2, 0.25) is 0 Å². The smallest absolute Gasteiger partial charge is 0.0491 e. The quantitative estimate of drug-likeness (QED) is 0.171. The summed E-state index contributed by atoms with van der Waals surface area (Å²) in [5.41, 5.74) is 19.6. The molecule has 492 valence electrons. The predicted molar refractivity (Wildman–Crippen MR) is 412 cm³/mol. The first-order chi connectivity index (χ1) is 43.3. The fourth-order valence-electron chi connectivity index (χ4n) is 9.01. The molecule has 0 saturated carbocycles. The molecule has 2 aromatic heterocycles. The Morgan fingerprint density at radius 3 is 0.697 bits per heavy atom. The molecule has 2 aliphatic rings. The minimum atomic E-state index is 1.09. The molecule has 0 bridgehead atoms. The van der Waals surface area contributed by atoms with Gasteiger partial charge in [-0.05, 0) is 168 Å². The zero-order valence-corrected chi connectivity index (χ0v) is 62.5. The number of aromatic nitrogens is 2. The van der Waals surface area contributed by atoms with Crippen molar-refractivity contribution in [1.29, 1.82) is 0 Å². The van der Waals surface area contributed by atoms with Gasteiger partial charge in [-0.3, -0.25) is 0 Å². The average molecular weight is 1210 g/mol. The first-order valence-electron chi connectivity index (χ1n) is 34.5. The van der Waals surface area contributed by atoms with E-state index >= 15 is 0 Å². The number of rotatable bonds is 5. The fourth-order valence-corrected chi connectivity index (χ4v) is 9.01. The van der Waals surface area contributed by atoms with E-state index < -0.39 is 0 Å². The fraction of sp³-hybridized carbons (Fsp3) is 0.429. The van der Waals surface area contributed by atoms with E-state index in [1.165, 1.54) is 99.2 Å². The van der Waals surface area contributed by atoms with Crippen LogP contribution in [-0.4, -0.2) is 85.8 Å². The van der Waals surface area contributed by atoms with Crippen molar-refractivity contribution in [2.75, 3.05) is 61.9 Å². The molecule has 5 nitrogen and oxygen atoms in total. The SMILES string of the molecule is CC.CC.CC.CC.CC.CC.CC.CC.CCN(C)C.CCN(C)C.CCN(C)C.CCc1ccc2c3ccccc3n(C)c2c1.CCc1ccc2c3ccccc3n(C)c2c1.c1ccc2c(c1)Cc1ccccc1-2.c1ccc2c(c1)Cc1ccccc1-2. The highest BCUT2D eigenvalue weighted by Crippen LogP contribution is 2.37. The highest BCUT2D eigenvalue weighted by atomic mass is 15.0. The van der Waals surface area contributed by atoms with Crippen LogP contribution in [0.15, 0.2) is 182 Å². The molecule has 0 N–H and O–H groups in total. The molecule has 0 aliphatic heterocycles. The number of para-hydroxylation sites is 2. The van der Waals surface area contributed by atoms with Gasteiger partial charge in [-0.1, -0.05) is 303 Å². The predicted octanol–water partition coefficient (Wildman–Crippen LogP) is 24.2. The Kier molecular flexibility index (Phi) is 51.6. The Labute approximate surface area is 549 Å². The third kappa shape index (κ3) is 27.9. The summed E-state index contributed by atoms with van der Waals surface area (Å²) in [7, 11) is 16.6. The molecule has 2 aliphatic carbocycles. The lowest BCUT2D eigenvalue weighted by Gasteiger charge is -2.00. The van der Waals surface area contributed by atoms with Gasteiger partial charge in [-0.25, -0.2) is 0 Å². The Hall–Kier alpha value is -6.76. The van der Waals surface area contributed by atoms with Crippen molar-refractivity contribution < 1.29 is 0 Å². The van der Waals surface area contributed by atoms with Gasteiger partial charge in [0, 0.05) is 57.7 Å². The molecule has 10 aromatic rings. The van der Waals surface area contributed by atoms with Gasteiger partial charge >= 0.3 is 0 Å². The summed E-state index contributed by atoms with van der Waals surface area (Å²) in [6.07, 6.45) is 4.40. The van der Waals surface area contributed by atoms with Crippen molar-refractivity contribution in [2.24, 2.45) is 14.1 Å². The van der Waals surface area contributed by atoms with E-state index in [9.17, 15) is 0 Å². The van der Waals surface area contributed by atoms with Crippen molar-refractivity contribution in [3.8, 4) is 22.3 Å². The van der Waals surface area contributed by atoms with Crippen molar-refractivity contribution >= 4 is 43.6 Å². The number of aryl methyl sites for hydroxylation is 4. The monoisotopic (exact) mass is 1210 g/mol. The normalized spacial score (nSPS) is 9.84. The van der Waals surface area contributed by atoms with E-state index in [-0.39, 0.29) is 0 Å². The maximum absolute atomic E-state index is 2.30. The van der Waals surface area contributed by atoms with E-state index in [0.717, 1.165) is 45.3 Å². The first kappa shape index (κ1) is 86.4. The van der Waals surface area contributed by atoms with Crippen LogP contribution in [0, 0.1) is 0 Å². The topological polar surface area (TPSA) is 19.6 Å². The molecule has 8 aromatic carbocycles. The molecule has 0 spiro atoms. The first-order valence-corrected chi connectivity index (χ1v) is 34.5. The van der Waals surface area contributed by atoms with E-state index in [2.05, 4.69) is 297 Å². The van der Waals surface area contributed by atoms with Crippen molar-refractivity contribution in [3.63, 3.8) is 0 Å². The second-order valence-electron chi connectivity index (χ2n) is 19.7. The van der Waals surface area contributed by atoms with Crippen LogP contribution in [0.3, 0.4) is 0 Å². The maximum atomic E-state index is 2.30. The van der Waals surface area contributed by atoms with Gasteiger partial charge in [-0.15, -0.1) is 0 Å². The van der Waals surface area contributed by atoms with Crippen molar-refractivity contribution in [1.82, 2.24) is 23.8 Å². The summed E-state index contributed by atoms with van der Waals surface area (Å²) in [6, 6.07) is 65.3. The minimum Gasteiger partial charge on any atom is -0.344 e. The van der Waals surface area contributed by atoms with Gasteiger partial charge in [0.2, 0.25) is 0 Å². The Bertz CT molecular complexity index is 2980. The maximum Gasteiger partial charge on any atom is 0.0491 e. The largest absolute Gasteiger partial charge is 0.344 e. The van der Waals surface area contributed by atoms with Crippen LogP contribution < -0.4 is 0 Å². The average Bonchev–Trinajstić information content (AvgIpc) is 1.71. The zero-order valence-electron chi connectivity index (χ0n) is 62.5. The number of hydrogen-bond donors (Lipinski definition) is 0. The molecular formula is C84H131N5. The summed E-state index contributed by atoms with van der Waals surface area (Å²) in [6.45, 7) is 46.2. The molecule has 0 atom stereocenters. The summed E-state index contributed by atoms with van der Waals surface area (Å²) >= 11 is 0. The van der Waals surface area contributed by atoms with Crippen LogP contribution in [0.25, 0.3) is 65.9 Å². The molecule has 5 heteroatoms. The number of nitrogens with zero attached hydrogens (tertiary/aromatic N) is 5. The van der Waals surface area contributed by atoms with E-state index in [1.807, 2.05) is 111 Å². The molecular weight excluding hydrogens is 1080 g/mol. The Balaban J connectivity index is -0.000000966. The van der Waals surface area contributed by atoms with E-state index in [1.54, 1.807) is 0 Å². The lowest BCUT2D eigenvalue weighted by atomic mass is 10.1. The molecule has 12 rings (SSSR count). The summed E-state index contributed by atoms with van der Waals surface area (Å²) in [5, 5.41) is 5.41. The van der Waals surface area contributed by atoms with Gasteiger partial charge in [0.1, 0.15) is 0 Å². The lowest BCUT2D eigenvalue weighted by molar-refractivity contribution is 0.434. The molecule has 0 amide bonds. The van der Waals surface area contributed by atoms with Crippen molar-refractivity contribution in [3.05, 3.63) is 215 Å². The van der Waals surface area contributed by atoms with Crippen molar-refractivity contribution in [2.45, 2.75) is 171 Å². The second kappa shape index (κ2) is 53.1. The highest BCUT2D eigenvalue weighted by Gasteiger charge is 2.17. The summed E-state index contributed by atoms with van der Waals surface area (Å²) in [4.78, 5) is 6.38. The molecule has 0 fully saturated rings. The highest BCUT2D eigenvalue weighted by molar-refractivity contribution is 6.09. The molecule has 89 heavy (non-hydrogen) atoms. The number of hydrogen-bond acceptors (Lipinski definition) is 3. The third-order valence-corrected chi connectivity index (χ3v) is 14.1. The molecule has 2 heterocycles. The van der Waals surface area contributed by atoms with Crippen LogP contribution in [-0.2, 0) is 39.8 Å². The van der Waals surface area contributed by atoms with Crippen LogP contribution >= 0.6 is 0 Å². The second-order valence-corrected chi connectivity index (χ2v) is 19.7. The Morgan fingerprint density at radius 2 is 0.472 bits per heavy atom. The standard InChI is InChI=1S/2C15H15N.2C13H10.3C4H11N.8C2H6/c2*1-3-11-8-9-13-12-6-4-5-7-14(12)16(2)15(13)10-11;2*1-3-7-12-10(5-1)9-11-6-2-4-8-13(11)12;3*1-4-5(2)3;8*1-2/h2*4-10H,3H2,1-2H3;2*1-8H,9H2;3*4H2,1-3H3;8*1-2H3. The van der Waals surface area contributed by atoms with Crippen LogP contribution in [0.4, 0.5) is 0 Å². The minimum absolute atomic E-state index is 1.09. The number of fused-ring (bicyclic) bond motifs is 12. The lowest BCUT2D eigenvalue weighted by Crippen LogP contribution is -2.08. The van der Waals surface area contributed by atoms with Crippen LogP contribution in [0.1, 0.15) is 179 Å². The molecule has 0 saturated heterocycles. The third-order valence-electron chi connectivity index (χ3n) is 14.1. The van der Waals surface area contributed by atoms with Gasteiger partial charge in [0.25, 0.3) is 0 Å². The van der Waals surface area contributed by atoms with E-state index in [4.69, 9.17) is 0 Å². The molecule has 0 unspecified atom stereocenters. The van der Waals surface area contributed by atoms with Gasteiger partial charge in [0.15, 0.2) is 0 Å². The van der Waals surface area contributed by atoms with Gasteiger partial charge in [-0.2, -0.15) is 0 Å². The summed E-state index contributed by atoms with van der Waals surface area (Å²) < 4.78 is 4.56. The van der Waals surface area contributed by atoms with Gasteiger partial charge in [0.05, 0.1) is 0 Å². The summed E-state index contributed by atoms with van der Waals surface area (Å²) in [5.74, 6) is 0. The van der Waals surface area contributed by atoms with Gasteiger partial charge < -0.3 is 23.8 Å². The zero-order chi connectivity index (χ0) is 68.4.